The Morgan fingerprint density at radius 3 is 2.67 bits per heavy atom. The molecule has 0 spiro atoms. The van der Waals surface area contributed by atoms with Crippen LogP contribution < -0.4 is 5.32 Å². The molecule has 0 atom stereocenters. The highest BCUT2D eigenvalue weighted by molar-refractivity contribution is 5.16. The number of nitrogens with zero attached hydrogens (tertiary/aromatic N) is 3. The summed E-state index contributed by atoms with van der Waals surface area (Å²) in [5.74, 6) is 0. The molecule has 1 saturated carbocycles. The maximum Gasteiger partial charge on any atom is 0.0834 e. The van der Waals surface area contributed by atoms with Gasteiger partial charge in [-0.25, -0.2) is 0 Å². The Balaban J connectivity index is 1.64. The van der Waals surface area contributed by atoms with E-state index in [2.05, 4.69) is 52.1 Å². The van der Waals surface area contributed by atoms with Gasteiger partial charge in [-0.2, -0.15) is 5.10 Å². The van der Waals surface area contributed by atoms with E-state index in [1.165, 1.54) is 24.1 Å². The summed E-state index contributed by atoms with van der Waals surface area (Å²) in [4.78, 5) is 4.58. The summed E-state index contributed by atoms with van der Waals surface area (Å²) in [6.07, 6.45) is 6.63. The molecule has 2 aromatic rings. The fraction of sp³-hybridized carbons (Fsp3) is 0.529. The Morgan fingerprint density at radius 1 is 1.19 bits per heavy atom. The van der Waals surface area contributed by atoms with Crippen molar-refractivity contribution in [3.63, 3.8) is 0 Å². The summed E-state index contributed by atoms with van der Waals surface area (Å²) in [5.41, 5.74) is 4.78. The van der Waals surface area contributed by atoms with Crippen molar-refractivity contribution in [2.24, 2.45) is 0 Å². The Hall–Kier alpha value is -1.68. The minimum Gasteiger partial charge on any atom is -0.310 e. The monoisotopic (exact) mass is 284 g/mol. The van der Waals surface area contributed by atoms with E-state index in [-0.39, 0.29) is 0 Å². The lowest BCUT2D eigenvalue weighted by atomic mass is 10.2. The molecule has 3 rings (SSSR count). The highest BCUT2D eigenvalue weighted by Crippen LogP contribution is 2.19. The van der Waals surface area contributed by atoms with E-state index < -0.39 is 0 Å². The third-order valence-corrected chi connectivity index (χ3v) is 4.01. The molecule has 1 aliphatic carbocycles. The lowest BCUT2D eigenvalue weighted by Gasteiger charge is -2.07. The van der Waals surface area contributed by atoms with E-state index in [1.807, 2.05) is 6.20 Å². The molecule has 1 N–H and O–H groups in total. The van der Waals surface area contributed by atoms with Gasteiger partial charge in [0, 0.05) is 24.5 Å². The summed E-state index contributed by atoms with van der Waals surface area (Å²) in [5, 5.41) is 8.16. The SMILES string of the molecule is CCc1cc(CC)n(Cc2ccc(CNC3CC3)cn2)n1. The average Bonchev–Trinajstić information content (AvgIpc) is 3.26. The Kier molecular flexibility index (Phi) is 4.34. The van der Waals surface area contributed by atoms with Crippen LogP contribution in [0.2, 0.25) is 0 Å². The Labute approximate surface area is 126 Å². The molecular weight excluding hydrogens is 260 g/mol. The van der Waals surface area contributed by atoms with E-state index in [4.69, 9.17) is 0 Å². The van der Waals surface area contributed by atoms with Gasteiger partial charge >= 0.3 is 0 Å². The largest absolute Gasteiger partial charge is 0.310 e. The second-order valence-electron chi connectivity index (χ2n) is 5.80. The van der Waals surface area contributed by atoms with Crippen LogP contribution in [0.5, 0.6) is 0 Å². The van der Waals surface area contributed by atoms with Gasteiger partial charge in [0.2, 0.25) is 0 Å². The number of hydrogen-bond acceptors (Lipinski definition) is 3. The van der Waals surface area contributed by atoms with Gasteiger partial charge in [-0.1, -0.05) is 19.9 Å². The van der Waals surface area contributed by atoms with Crippen LogP contribution in [0.3, 0.4) is 0 Å². The Bertz CT molecular complexity index is 581. The molecule has 21 heavy (non-hydrogen) atoms. The first kappa shape index (κ1) is 14.3. The van der Waals surface area contributed by atoms with Crippen molar-refractivity contribution in [2.45, 2.75) is 58.7 Å². The van der Waals surface area contributed by atoms with E-state index in [9.17, 15) is 0 Å². The predicted octanol–water partition coefficient (Wildman–Crippen LogP) is 2.70. The van der Waals surface area contributed by atoms with Crippen molar-refractivity contribution in [3.05, 3.63) is 47.0 Å². The van der Waals surface area contributed by atoms with Crippen LogP contribution in [0.25, 0.3) is 0 Å². The first-order valence-electron chi connectivity index (χ1n) is 8.01. The van der Waals surface area contributed by atoms with E-state index in [0.29, 0.717) is 0 Å². The molecule has 0 saturated heterocycles. The zero-order chi connectivity index (χ0) is 14.7. The molecule has 0 bridgehead atoms. The number of pyridine rings is 1. The minimum absolute atomic E-state index is 0.744. The number of aromatic nitrogens is 3. The lowest BCUT2D eigenvalue weighted by molar-refractivity contribution is 0.628. The van der Waals surface area contributed by atoms with E-state index >= 15 is 0 Å². The molecule has 0 unspecified atom stereocenters. The number of nitrogens with one attached hydrogen (secondary N) is 1. The van der Waals surface area contributed by atoms with Crippen molar-refractivity contribution in [2.75, 3.05) is 0 Å². The van der Waals surface area contributed by atoms with Crippen LogP contribution >= 0.6 is 0 Å². The maximum absolute atomic E-state index is 4.65. The number of rotatable bonds is 7. The van der Waals surface area contributed by atoms with Gasteiger partial charge in [0.05, 0.1) is 17.9 Å². The molecule has 2 aromatic heterocycles. The smallest absolute Gasteiger partial charge is 0.0834 e. The maximum atomic E-state index is 4.65. The first-order valence-corrected chi connectivity index (χ1v) is 8.01. The molecule has 4 nitrogen and oxygen atoms in total. The number of hydrogen-bond donors (Lipinski definition) is 1. The summed E-state index contributed by atoms with van der Waals surface area (Å²) in [6, 6.07) is 7.24. The predicted molar refractivity (Wildman–Crippen MR) is 84.2 cm³/mol. The average molecular weight is 284 g/mol. The van der Waals surface area contributed by atoms with Crippen LogP contribution in [0.4, 0.5) is 0 Å². The highest BCUT2D eigenvalue weighted by atomic mass is 15.3. The van der Waals surface area contributed by atoms with Crippen molar-refractivity contribution >= 4 is 0 Å². The molecule has 0 radical (unpaired) electrons. The van der Waals surface area contributed by atoms with Crippen LogP contribution in [0.15, 0.2) is 24.4 Å². The molecular formula is C17H24N4. The normalized spacial score (nSPS) is 14.6. The molecule has 4 heteroatoms. The van der Waals surface area contributed by atoms with Gasteiger partial charge in [-0.3, -0.25) is 9.67 Å². The molecule has 0 amide bonds. The topological polar surface area (TPSA) is 42.7 Å². The van der Waals surface area contributed by atoms with Crippen LogP contribution in [0.1, 0.15) is 49.3 Å². The van der Waals surface area contributed by atoms with Crippen LogP contribution in [0, 0.1) is 0 Å². The minimum atomic E-state index is 0.744. The molecule has 2 heterocycles. The fourth-order valence-corrected chi connectivity index (χ4v) is 2.47. The zero-order valence-electron chi connectivity index (χ0n) is 13.0. The fourth-order valence-electron chi connectivity index (χ4n) is 2.47. The lowest BCUT2D eigenvalue weighted by Crippen LogP contribution is -2.15. The van der Waals surface area contributed by atoms with Gasteiger partial charge in [0.25, 0.3) is 0 Å². The molecule has 112 valence electrons. The molecule has 0 aromatic carbocycles. The molecule has 1 fully saturated rings. The summed E-state index contributed by atoms with van der Waals surface area (Å²) in [6.45, 7) is 6.01. The first-order chi connectivity index (χ1) is 10.3. The summed E-state index contributed by atoms with van der Waals surface area (Å²) in [7, 11) is 0. The third-order valence-electron chi connectivity index (χ3n) is 4.01. The second kappa shape index (κ2) is 6.39. The van der Waals surface area contributed by atoms with Crippen molar-refractivity contribution in [3.8, 4) is 0 Å². The van der Waals surface area contributed by atoms with Crippen molar-refractivity contribution < 1.29 is 0 Å². The van der Waals surface area contributed by atoms with Crippen molar-refractivity contribution in [1.29, 1.82) is 0 Å². The standard InChI is InChI=1S/C17H24N4/c1-3-14-9-17(4-2)21(20-14)12-16-6-5-13(11-19-16)10-18-15-7-8-15/h5-6,9,11,15,18H,3-4,7-8,10,12H2,1-2H3. The van der Waals surface area contributed by atoms with Gasteiger partial charge in [-0.05, 0) is 43.4 Å². The van der Waals surface area contributed by atoms with Gasteiger partial charge in [-0.15, -0.1) is 0 Å². The van der Waals surface area contributed by atoms with E-state index in [0.717, 1.165) is 43.4 Å². The molecule has 1 aliphatic rings. The van der Waals surface area contributed by atoms with Crippen LogP contribution in [-0.4, -0.2) is 20.8 Å². The summed E-state index contributed by atoms with van der Waals surface area (Å²) < 4.78 is 2.09. The zero-order valence-corrected chi connectivity index (χ0v) is 13.0. The second-order valence-corrected chi connectivity index (χ2v) is 5.80. The molecule has 0 aliphatic heterocycles. The van der Waals surface area contributed by atoms with Gasteiger partial charge in [0.15, 0.2) is 0 Å². The van der Waals surface area contributed by atoms with Crippen LogP contribution in [-0.2, 0) is 25.9 Å². The van der Waals surface area contributed by atoms with Gasteiger partial charge < -0.3 is 5.32 Å². The summed E-state index contributed by atoms with van der Waals surface area (Å²) >= 11 is 0. The van der Waals surface area contributed by atoms with Crippen molar-refractivity contribution in [1.82, 2.24) is 20.1 Å². The number of aryl methyl sites for hydroxylation is 2. The quantitative estimate of drug-likeness (QED) is 0.850. The van der Waals surface area contributed by atoms with Gasteiger partial charge in [0.1, 0.15) is 0 Å². The third kappa shape index (κ3) is 3.70. The Morgan fingerprint density at radius 2 is 2.05 bits per heavy atom. The highest BCUT2D eigenvalue weighted by Gasteiger charge is 2.19. The van der Waals surface area contributed by atoms with E-state index in [1.54, 1.807) is 0 Å².